The van der Waals surface area contributed by atoms with Crippen molar-refractivity contribution in [3.05, 3.63) is 42.2 Å². The molecule has 2 atom stereocenters. The van der Waals surface area contributed by atoms with Gasteiger partial charge >= 0.3 is 136 Å². The minimum atomic E-state index is -0.221. The molecular weight excluding hydrogens is 438 g/mol. The van der Waals surface area contributed by atoms with Crippen LogP contribution < -0.4 is 0 Å². The minimum absolute atomic E-state index is 0.129. The van der Waals surface area contributed by atoms with Crippen molar-refractivity contribution in [2.24, 2.45) is 0 Å². The van der Waals surface area contributed by atoms with Crippen LogP contribution in [0.3, 0.4) is 0 Å². The van der Waals surface area contributed by atoms with Crippen molar-refractivity contribution >= 4 is 3.90 Å². The standard InChI is InChI=1S/C16H21NO3.W/c1-3-4-5-9-16-17-15(12(2)20-16)11-19-14-8-6-7-13(18)10-14;/h3-5,13-14,18H,1,6-8,10-11H2,2H3;/b5-4-;/t13-,14+;/m1./s1. The van der Waals surface area contributed by atoms with E-state index in [1.807, 2.05) is 19.1 Å². The predicted octanol–water partition coefficient (Wildman–Crippen LogP) is 2.61. The van der Waals surface area contributed by atoms with Crippen molar-refractivity contribution in [3.8, 4) is 0 Å². The molecule has 1 N–H and O–H groups in total. The van der Waals surface area contributed by atoms with Crippen molar-refractivity contribution in [1.29, 1.82) is 0 Å². The molecule has 1 heterocycles. The first-order chi connectivity index (χ1) is 10.1. The maximum atomic E-state index is 9.66. The Morgan fingerprint density at radius 3 is 3.10 bits per heavy atom. The number of oxazole rings is 1. The quantitative estimate of drug-likeness (QED) is 0.665. The molecule has 4 nitrogen and oxygen atoms in total. The summed E-state index contributed by atoms with van der Waals surface area (Å²) in [5.41, 5.74) is 0.843. The molecule has 1 aromatic heterocycles. The van der Waals surface area contributed by atoms with E-state index in [0.29, 0.717) is 12.5 Å². The van der Waals surface area contributed by atoms with Crippen LogP contribution in [0.2, 0.25) is 0 Å². The first-order valence-corrected chi connectivity index (χ1v) is 8.66. The van der Waals surface area contributed by atoms with Gasteiger partial charge in [0.05, 0.1) is 0 Å². The van der Waals surface area contributed by atoms with E-state index in [1.54, 1.807) is 6.08 Å². The summed E-state index contributed by atoms with van der Waals surface area (Å²) >= 11 is 1.30. The zero-order valence-corrected chi connectivity index (χ0v) is 15.2. The Kier molecular flexibility index (Phi) is 6.28. The van der Waals surface area contributed by atoms with Crippen molar-refractivity contribution in [2.45, 2.75) is 51.4 Å². The zero-order chi connectivity index (χ0) is 15.2. The first-order valence-electron chi connectivity index (χ1n) is 7.19. The van der Waals surface area contributed by atoms with E-state index in [2.05, 4.69) is 11.6 Å². The first kappa shape index (κ1) is 16.5. The molecule has 21 heavy (non-hydrogen) atoms. The SMILES string of the molecule is C=C/C=C\[C](=[W])c1nc(CO[C@H]2CCC[C@@H](O)C2)c(C)o1. The molecule has 1 aromatic rings. The summed E-state index contributed by atoms with van der Waals surface area (Å²) in [4.78, 5) is 4.51. The Balaban J connectivity index is 1.94. The number of rotatable bonds is 6. The molecule has 0 unspecified atom stereocenters. The van der Waals surface area contributed by atoms with Gasteiger partial charge in [0.25, 0.3) is 0 Å². The summed E-state index contributed by atoms with van der Waals surface area (Å²) in [5.74, 6) is 1.45. The van der Waals surface area contributed by atoms with Crippen molar-refractivity contribution in [2.75, 3.05) is 0 Å². The topological polar surface area (TPSA) is 55.5 Å². The van der Waals surface area contributed by atoms with Gasteiger partial charge in [-0.15, -0.1) is 0 Å². The summed E-state index contributed by atoms with van der Waals surface area (Å²) in [7, 11) is 0. The number of ether oxygens (including phenoxy) is 1. The second-order valence-corrected chi connectivity index (χ2v) is 6.81. The van der Waals surface area contributed by atoms with Crippen molar-refractivity contribution < 1.29 is 33.6 Å². The molecule has 2 rings (SSSR count). The average Bonchev–Trinajstić information content (AvgIpc) is 2.84. The molecule has 1 aliphatic carbocycles. The van der Waals surface area contributed by atoms with Gasteiger partial charge in [0.1, 0.15) is 0 Å². The molecule has 0 bridgehead atoms. The fourth-order valence-corrected chi connectivity index (χ4v) is 2.96. The molecule has 1 saturated carbocycles. The molecule has 0 saturated heterocycles. The van der Waals surface area contributed by atoms with Crippen LogP contribution in [0.5, 0.6) is 0 Å². The molecule has 1 fully saturated rings. The van der Waals surface area contributed by atoms with Crippen LogP contribution in [0.15, 0.2) is 29.2 Å². The predicted molar refractivity (Wildman–Crippen MR) is 77.7 cm³/mol. The van der Waals surface area contributed by atoms with Crippen LogP contribution in [0.1, 0.15) is 43.0 Å². The molecule has 114 valence electrons. The Bertz CT molecular complexity index is 536. The Hall–Kier alpha value is -0.832. The second kappa shape index (κ2) is 7.97. The fraction of sp³-hybridized carbons (Fsp3) is 0.500. The molecular formula is C16H21NO3W. The van der Waals surface area contributed by atoms with Gasteiger partial charge in [-0.3, -0.25) is 0 Å². The number of aliphatic hydroxyl groups is 1. The number of hydrogen-bond acceptors (Lipinski definition) is 4. The van der Waals surface area contributed by atoms with E-state index in [9.17, 15) is 5.11 Å². The van der Waals surface area contributed by atoms with Gasteiger partial charge in [0, 0.05) is 0 Å². The van der Waals surface area contributed by atoms with E-state index in [1.165, 1.54) is 19.4 Å². The number of aryl methyl sites for hydroxylation is 1. The molecule has 0 aliphatic heterocycles. The van der Waals surface area contributed by atoms with E-state index in [0.717, 1.165) is 41.0 Å². The monoisotopic (exact) mass is 459 g/mol. The molecule has 1 aliphatic rings. The van der Waals surface area contributed by atoms with Gasteiger partial charge in [-0.1, -0.05) is 0 Å². The summed E-state index contributed by atoms with van der Waals surface area (Å²) in [5, 5.41) is 9.66. The van der Waals surface area contributed by atoms with E-state index in [-0.39, 0.29) is 12.2 Å². The summed E-state index contributed by atoms with van der Waals surface area (Å²) in [6, 6.07) is 0. The summed E-state index contributed by atoms with van der Waals surface area (Å²) in [6.45, 7) is 6.01. The van der Waals surface area contributed by atoms with Crippen LogP contribution in [-0.2, 0) is 30.7 Å². The number of nitrogens with zero attached hydrogens (tertiary/aromatic N) is 1. The molecule has 0 amide bonds. The van der Waals surface area contributed by atoms with Crippen LogP contribution in [0.4, 0.5) is 0 Å². The molecule has 5 heteroatoms. The third kappa shape index (κ3) is 4.84. The third-order valence-corrected chi connectivity index (χ3v) is 4.66. The molecule has 0 spiro atoms. The van der Waals surface area contributed by atoms with Gasteiger partial charge in [-0.05, 0) is 0 Å². The molecule has 0 aromatic carbocycles. The van der Waals surface area contributed by atoms with E-state index in [4.69, 9.17) is 9.15 Å². The van der Waals surface area contributed by atoms with Crippen LogP contribution in [0.25, 0.3) is 0 Å². The summed E-state index contributed by atoms with van der Waals surface area (Å²) < 4.78 is 12.6. The number of aliphatic hydroxyl groups excluding tert-OH is 1. The Morgan fingerprint density at radius 1 is 1.57 bits per heavy atom. The number of aromatic nitrogens is 1. The Labute approximate surface area is 136 Å². The van der Waals surface area contributed by atoms with Crippen molar-refractivity contribution in [3.63, 3.8) is 0 Å². The number of allylic oxidation sites excluding steroid dienone is 3. The maximum absolute atomic E-state index is 9.66. The van der Waals surface area contributed by atoms with Crippen molar-refractivity contribution in [1.82, 2.24) is 4.98 Å². The van der Waals surface area contributed by atoms with Gasteiger partial charge in [-0.25, -0.2) is 0 Å². The second-order valence-electron chi connectivity index (χ2n) is 5.23. The van der Waals surface area contributed by atoms with Gasteiger partial charge < -0.3 is 0 Å². The zero-order valence-electron chi connectivity index (χ0n) is 12.2. The summed E-state index contributed by atoms with van der Waals surface area (Å²) in [6.07, 6.45) is 9.12. The van der Waals surface area contributed by atoms with E-state index >= 15 is 0 Å². The third-order valence-electron chi connectivity index (χ3n) is 3.54. The number of hydrogen-bond donors (Lipinski definition) is 1. The van der Waals surface area contributed by atoms with E-state index < -0.39 is 0 Å². The van der Waals surface area contributed by atoms with Gasteiger partial charge in [-0.2, -0.15) is 0 Å². The van der Waals surface area contributed by atoms with Crippen LogP contribution in [0, 0.1) is 6.92 Å². The fourth-order valence-electron chi connectivity index (χ4n) is 2.36. The molecule has 0 radical (unpaired) electrons. The average molecular weight is 459 g/mol. The Morgan fingerprint density at radius 2 is 2.38 bits per heavy atom. The van der Waals surface area contributed by atoms with Crippen LogP contribution in [-0.4, -0.2) is 26.2 Å². The normalized spacial score (nSPS) is 22.6. The van der Waals surface area contributed by atoms with Gasteiger partial charge in [0.2, 0.25) is 0 Å². The van der Waals surface area contributed by atoms with Gasteiger partial charge in [0.15, 0.2) is 0 Å². The van der Waals surface area contributed by atoms with Crippen LogP contribution >= 0.6 is 0 Å².